The topological polar surface area (TPSA) is 85.4 Å². The first kappa shape index (κ1) is 21.3. The van der Waals surface area contributed by atoms with Gasteiger partial charge in [0.05, 0.1) is 12.3 Å². The zero-order valence-corrected chi connectivity index (χ0v) is 17.5. The van der Waals surface area contributed by atoms with Gasteiger partial charge in [0.15, 0.2) is 5.82 Å². The molecule has 0 saturated heterocycles. The van der Waals surface area contributed by atoms with E-state index in [9.17, 15) is 4.79 Å². The highest BCUT2D eigenvalue weighted by Gasteiger charge is 2.25. The van der Waals surface area contributed by atoms with Gasteiger partial charge in [0, 0.05) is 39.7 Å². The fourth-order valence-electron chi connectivity index (χ4n) is 3.60. The molecule has 2 aromatic rings. The van der Waals surface area contributed by atoms with E-state index in [1.807, 2.05) is 18.2 Å². The number of hydrogen-bond acceptors (Lipinski definition) is 6. The van der Waals surface area contributed by atoms with Crippen molar-refractivity contribution in [3.05, 3.63) is 41.9 Å². The lowest BCUT2D eigenvalue weighted by Crippen LogP contribution is -2.34. The molecule has 3 heterocycles. The van der Waals surface area contributed by atoms with Crippen molar-refractivity contribution in [1.82, 2.24) is 25.0 Å². The minimum absolute atomic E-state index is 0.0470. The molecule has 0 saturated carbocycles. The quantitative estimate of drug-likeness (QED) is 0.694. The maximum absolute atomic E-state index is 12.1. The molecule has 8 heteroatoms. The number of carbonyl (C=O) groups excluding carboxylic acids is 1. The van der Waals surface area contributed by atoms with Gasteiger partial charge in [-0.25, -0.2) is 0 Å². The van der Waals surface area contributed by atoms with Crippen LogP contribution in [0.5, 0.6) is 0 Å². The van der Waals surface area contributed by atoms with Crippen molar-refractivity contribution in [1.29, 1.82) is 0 Å². The Morgan fingerprint density at radius 1 is 1.34 bits per heavy atom. The number of fused-ring (bicyclic) bond motifs is 1. The molecule has 0 fully saturated rings. The first-order valence-corrected chi connectivity index (χ1v) is 10.2. The fourth-order valence-corrected chi connectivity index (χ4v) is 3.60. The van der Waals surface area contributed by atoms with Crippen molar-refractivity contribution in [2.75, 3.05) is 33.4 Å². The zero-order valence-electron chi connectivity index (χ0n) is 17.5. The Balaban J connectivity index is 1.66. The Hall–Kier alpha value is -2.45. The van der Waals surface area contributed by atoms with Crippen molar-refractivity contribution in [3.8, 4) is 0 Å². The minimum atomic E-state index is -0.163. The highest BCUT2D eigenvalue weighted by molar-refractivity contribution is 5.77. The Kier molecular flexibility index (Phi) is 7.60. The third kappa shape index (κ3) is 6.01. The third-order valence-electron chi connectivity index (χ3n) is 4.97. The van der Waals surface area contributed by atoms with Crippen molar-refractivity contribution in [2.45, 2.75) is 39.3 Å². The van der Waals surface area contributed by atoms with Crippen LogP contribution in [0.1, 0.15) is 43.7 Å². The van der Waals surface area contributed by atoms with Crippen LogP contribution in [0.25, 0.3) is 6.08 Å². The van der Waals surface area contributed by atoms with E-state index in [1.165, 1.54) is 7.11 Å². The molecule has 0 spiro atoms. The number of nitrogens with zero attached hydrogens (tertiary/aromatic N) is 4. The van der Waals surface area contributed by atoms with Gasteiger partial charge in [-0.2, -0.15) is 0 Å². The summed E-state index contributed by atoms with van der Waals surface area (Å²) in [6.45, 7) is 7.82. The summed E-state index contributed by atoms with van der Waals surface area (Å²) in [5, 5.41) is 11.9. The Morgan fingerprint density at radius 3 is 2.93 bits per heavy atom. The minimum Gasteiger partial charge on any atom is -0.465 e. The molecule has 158 valence electrons. The number of hydrogen-bond donors (Lipinski definition) is 1. The van der Waals surface area contributed by atoms with E-state index in [1.54, 1.807) is 6.26 Å². The van der Waals surface area contributed by atoms with Crippen LogP contribution in [0.4, 0.5) is 0 Å². The van der Waals surface area contributed by atoms with Gasteiger partial charge in [0.1, 0.15) is 18.2 Å². The lowest BCUT2D eigenvalue weighted by molar-refractivity contribution is -0.125. The average Bonchev–Trinajstić information content (AvgIpc) is 3.28. The summed E-state index contributed by atoms with van der Waals surface area (Å²) >= 11 is 0. The summed E-state index contributed by atoms with van der Waals surface area (Å²) in [7, 11) is 1.52. The normalized spacial score (nSPS) is 16.1. The number of nitrogens with one attached hydrogen (secondary N) is 1. The smallest absolute Gasteiger partial charge is 0.246 e. The predicted molar refractivity (Wildman–Crippen MR) is 110 cm³/mol. The first-order chi connectivity index (χ1) is 14.1. The van der Waals surface area contributed by atoms with Gasteiger partial charge >= 0.3 is 0 Å². The lowest BCUT2D eigenvalue weighted by atomic mass is 10.0. The molecule has 0 unspecified atom stereocenters. The second-order valence-corrected chi connectivity index (χ2v) is 7.78. The van der Waals surface area contributed by atoms with E-state index in [0.29, 0.717) is 5.92 Å². The predicted octanol–water partition coefficient (Wildman–Crippen LogP) is 2.29. The van der Waals surface area contributed by atoms with Crippen LogP contribution >= 0.6 is 0 Å². The largest absolute Gasteiger partial charge is 0.465 e. The van der Waals surface area contributed by atoms with Crippen LogP contribution in [0, 0.1) is 5.92 Å². The van der Waals surface area contributed by atoms with Crippen molar-refractivity contribution in [3.63, 3.8) is 0 Å². The summed E-state index contributed by atoms with van der Waals surface area (Å²) in [4.78, 5) is 14.5. The Labute approximate surface area is 171 Å². The number of methoxy groups -OCH3 is 1. The van der Waals surface area contributed by atoms with Crippen LogP contribution < -0.4 is 5.32 Å². The summed E-state index contributed by atoms with van der Waals surface area (Å²) in [6.07, 6.45) is 7.45. The number of amides is 1. The molecule has 0 bridgehead atoms. The zero-order chi connectivity index (χ0) is 20.6. The van der Waals surface area contributed by atoms with E-state index in [4.69, 9.17) is 9.15 Å². The van der Waals surface area contributed by atoms with Gasteiger partial charge in [-0.1, -0.05) is 19.9 Å². The standard InChI is InChI=1S/C21H31N5O3/c1-16(2)14-18(22-20(27)15-28-3)21-24-23-19-8-10-25(11-12-26(19)21)9-4-6-17-7-5-13-29-17/h4-7,13,16,18H,8-12,14-15H2,1-3H3,(H,22,27)/b6-4+/t18-/m1/s1. The van der Waals surface area contributed by atoms with E-state index in [2.05, 4.69) is 44.9 Å². The summed E-state index contributed by atoms with van der Waals surface area (Å²) < 4.78 is 12.5. The molecule has 0 aromatic carbocycles. The average molecular weight is 402 g/mol. The molecule has 1 atom stereocenters. The molecule has 29 heavy (non-hydrogen) atoms. The van der Waals surface area contributed by atoms with Crippen molar-refractivity contribution in [2.24, 2.45) is 5.92 Å². The van der Waals surface area contributed by atoms with Crippen LogP contribution in [0.3, 0.4) is 0 Å². The van der Waals surface area contributed by atoms with Gasteiger partial charge in [-0.3, -0.25) is 9.69 Å². The fraction of sp³-hybridized carbons (Fsp3) is 0.571. The third-order valence-corrected chi connectivity index (χ3v) is 4.97. The SMILES string of the molecule is COCC(=O)N[C@H](CC(C)C)c1nnc2n1CCN(C/C=C/c1ccco1)CC2. The molecule has 1 aliphatic rings. The number of carbonyl (C=O) groups is 1. The molecule has 8 nitrogen and oxygen atoms in total. The van der Waals surface area contributed by atoms with E-state index < -0.39 is 0 Å². The number of rotatable bonds is 9. The molecule has 0 aliphatic carbocycles. The summed E-state index contributed by atoms with van der Waals surface area (Å²) in [5.74, 6) is 2.97. The van der Waals surface area contributed by atoms with Gasteiger partial charge in [-0.05, 0) is 30.5 Å². The van der Waals surface area contributed by atoms with Gasteiger partial charge < -0.3 is 19.0 Å². The molecule has 3 rings (SSSR count). The van der Waals surface area contributed by atoms with Crippen LogP contribution in [-0.4, -0.2) is 58.9 Å². The van der Waals surface area contributed by atoms with Gasteiger partial charge in [0.2, 0.25) is 5.91 Å². The summed E-state index contributed by atoms with van der Waals surface area (Å²) in [5.41, 5.74) is 0. The maximum atomic E-state index is 12.1. The number of ether oxygens (including phenoxy) is 1. The first-order valence-electron chi connectivity index (χ1n) is 10.2. The van der Waals surface area contributed by atoms with E-state index in [-0.39, 0.29) is 18.6 Å². The van der Waals surface area contributed by atoms with Crippen LogP contribution in [0.15, 0.2) is 28.9 Å². The van der Waals surface area contributed by atoms with Crippen LogP contribution in [0.2, 0.25) is 0 Å². The second kappa shape index (κ2) is 10.4. The molecule has 1 amide bonds. The number of furan rings is 1. The molecule has 2 aromatic heterocycles. The molecular weight excluding hydrogens is 370 g/mol. The van der Waals surface area contributed by atoms with Crippen molar-refractivity contribution >= 4 is 12.0 Å². The van der Waals surface area contributed by atoms with E-state index in [0.717, 1.165) is 56.4 Å². The molecule has 1 N–H and O–H groups in total. The number of aromatic nitrogens is 3. The lowest BCUT2D eigenvalue weighted by Gasteiger charge is -2.21. The van der Waals surface area contributed by atoms with Gasteiger partial charge in [-0.15, -0.1) is 10.2 Å². The highest BCUT2D eigenvalue weighted by atomic mass is 16.5. The Bertz CT molecular complexity index is 797. The van der Waals surface area contributed by atoms with Crippen LogP contribution in [-0.2, 0) is 22.5 Å². The monoisotopic (exact) mass is 401 g/mol. The summed E-state index contributed by atoms with van der Waals surface area (Å²) in [6, 6.07) is 3.67. The second-order valence-electron chi connectivity index (χ2n) is 7.78. The highest BCUT2D eigenvalue weighted by Crippen LogP contribution is 2.22. The molecular formula is C21H31N5O3. The Morgan fingerprint density at radius 2 is 2.21 bits per heavy atom. The van der Waals surface area contributed by atoms with Crippen molar-refractivity contribution < 1.29 is 13.9 Å². The van der Waals surface area contributed by atoms with Gasteiger partial charge in [0.25, 0.3) is 0 Å². The molecule has 1 aliphatic heterocycles. The van der Waals surface area contributed by atoms with E-state index >= 15 is 0 Å². The molecule has 0 radical (unpaired) electrons. The maximum Gasteiger partial charge on any atom is 0.246 e.